The van der Waals surface area contributed by atoms with E-state index in [1.165, 1.54) is 39.0 Å². The van der Waals surface area contributed by atoms with E-state index in [1.807, 2.05) is 0 Å². The first-order valence-corrected chi connectivity index (χ1v) is 6.61. The van der Waals surface area contributed by atoms with Crippen LogP contribution in [-0.2, 0) is 0 Å². The van der Waals surface area contributed by atoms with Gasteiger partial charge in [-0.2, -0.15) is 0 Å². The third-order valence-corrected chi connectivity index (χ3v) is 3.38. The maximum atomic E-state index is 3.68. The molecule has 1 heterocycles. The average molecular weight is 224 g/mol. The van der Waals surface area contributed by atoms with Crippen LogP contribution < -0.4 is 5.32 Å². The second kappa shape index (κ2) is 6.41. The molecule has 1 aliphatic heterocycles. The van der Waals surface area contributed by atoms with Crippen molar-refractivity contribution in [2.24, 2.45) is 5.41 Å². The number of hydrogen-bond acceptors (Lipinski definition) is 2. The predicted octanol–water partition coefficient (Wildman–Crippen LogP) is 2.66. The molecule has 1 N–H and O–H groups in total. The molecule has 0 radical (unpaired) electrons. The molecule has 2 heteroatoms. The van der Waals surface area contributed by atoms with Gasteiger partial charge in [0, 0.05) is 19.1 Å². The van der Waals surface area contributed by atoms with Gasteiger partial charge in [0.05, 0.1) is 0 Å². The van der Waals surface area contributed by atoms with Crippen LogP contribution in [0, 0.1) is 5.41 Å². The average Bonchev–Trinajstić information content (AvgIpc) is 2.43. The Labute approximate surface area is 101 Å². The van der Waals surface area contributed by atoms with Gasteiger partial charge >= 0.3 is 0 Å². The zero-order chi connectivity index (χ0) is 12.0. The molecule has 0 aromatic carbocycles. The maximum absolute atomic E-state index is 3.68. The molecule has 0 spiro atoms. The lowest BCUT2D eigenvalue weighted by Crippen LogP contribution is -2.46. The first-order valence-electron chi connectivity index (χ1n) is 6.61. The van der Waals surface area contributed by atoms with Gasteiger partial charge < -0.3 is 10.2 Å². The number of nitrogens with zero attached hydrogens (tertiary/aromatic N) is 1. The third kappa shape index (κ3) is 4.67. The van der Waals surface area contributed by atoms with E-state index < -0.39 is 0 Å². The Kier molecular flexibility index (Phi) is 5.50. The van der Waals surface area contributed by atoms with Crippen molar-refractivity contribution in [3.63, 3.8) is 0 Å². The van der Waals surface area contributed by atoms with Gasteiger partial charge in [-0.1, -0.05) is 32.9 Å². The van der Waals surface area contributed by atoms with Gasteiger partial charge in [-0.3, -0.25) is 0 Å². The summed E-state index contributed by atoms with van der Waals surface area (Å²) >= 11 is 0. The summed E-state index contributed by atoms with van der Waals surface area (Å²) in [5.41, 5.74) is 0.364. The molecule has 1 rings (SSSR count). The summed E-state index contributed by atoms with van der Waals surface area (Å²) in [6.07, 6.45) is 6.89. The molecule has 2 nitrogen and oxygen atoms in total. The van der Waals surface area contributed by atoms with Crippen molar-refractivity contribution >= 4 is 0 Å². The van der Waals surface area contributed by atoms with Gasteiger partial charge in [-0.15, -0.1) is 0 Å². The van der Waals surface area contributed by atoms with Gasteiger partial charge in [-0.05, 0) is 38.3 Å². The third-order valence-electron chi connectivity index (χ3n) is 3.38. The minimum atomic E-state index is 0.364. The van der Waals surface area contributed by atoms with Gasteiger partial charge in [0.25, 0.3) is 0 Å². The van der Waals surface area contributed by atoms with Crippen molar-refractivity contribution in [1.29, 1.82) is 0 Å². The quantitative estimate of drug-likeness (QED) is 0.742. The van der Waals surface area contributed by atoms with Gasteiger partial charge in [0.1, 0.15) is 0 Å². The highest BCUT2D eigenvalue weighted by Crippen LogP contribution is 2.21. The summed E-state index contributed by atoms with van der Waals surface area (Å²) in [6, 6.07) is 0.626. The van der Waals surface area contributed by atoms with Crippen LogP contribution in [0.2, 0.25) is 0 Å². The van der Waals surface area contributed by atoms with E-state index in [0.29, 0.717) is 11.5 Å². The molecule has 16 heavy (non-hydrogen) atoms. The van der Waals surface area contributed by atoms with Crippen LogP contribution >= 0.6 is 0 Å². The van der Waals surface area contributed by atoms with Crippen LogP contribution in [-0.4, -0.2) is 37.1 Å². The highest BCUT2D eigenvalue weighted by atomic mass is 15.2. The summed E-state index contributed by atoms with van der Waals surface area (Å²) in [4.78, 5) is 2.61. The van der Waals surface area contributed by atoms with E-state index in [-0.39, 0.29) is 0 Å². The molecule has 1 fully saturated rings. The molecule has 1 unspecified atom stereocenters. The summed E-state index contributed by atoms with van der Waals surface area (Å²) in [5.74, 6) is 0. The topological polar surface area (TPSA) is 15.3 Å². The Morgan fingerprint density at radius 3 is 2.75 bits per heavy atom. The van der Waals surface area contributed by atoms with E-state index in [4.69, 9.17) is 0 Å². The zero-order valence-corrected chi connectivity index (χ0v) is 11.4. The van der Waals surface area contributed by atoms with E-state index in [2.05, 4.69) is 50.1 Å². The number of rotatable bonds is 3. The molecule has 0 aromatic heterocycles. The molecule has 0 saturated carbocycles. The van der Waals surface area contributed by atoms with Crippen LogP contribution in [0.4, 0.5) is 0 Å². The van der Waals surface area contributed by atoms with Crippen molar-refractivity contribution in [3.05, 3.63) is 12.2 Å². The van der Waals surface area contributed by atoms with Crippen molar-refractivity contribution in [1.82, 2.24) is 10.2 Å². The standard InChI is InChI=1S/C14H28N2/c1-5-6-7-10-16-11-8-9-15-13(12-16)14(2,3)4/h5-6,13,15H,7-12H2,1-4H3/b6-5+. The van der Waals surface area contributed by atoms with Crippen LogP contribution in [0.15, 0.2) is 12.2 Å². The Hall–Kier alpha value is -0.340. The fraction of sp³-hybridized carbons (Fsp3) is 0.857. The summed E-state index contributed by atoms with van der Waals surface area (Å²) < 4.78 is 0. The van der Waals surface area contributed by atoms with E-state index >= 15 is 0 Å². The Bertz CT molecular complexity index is 215. The van der Waals surface area contributed by atoms with Crippen LogP contribution in [0.25, 0.3) is 0 Å². The SMILES string of the molecule is C/C=C/CCN1CCCNC(C(C)(C)C)C1. The lowest BCUT2D eigenvalue weighted by Gasteiger charge is -2.33. The molecule has 1 aliphatic rings. The Balaban J connectivity index is 2.45. The van der Waals surface area contributed by atoms with Crippen LogP contribution in [0.3, 0.4) is 0 Å². The van der Waals surface area contributed by atoms with Gasteiger partial charge in [0.2, 0.25) is 0 Å². The second-order valence-electron chi connectivity index (χ2n) is 5.88. The lowest BCUT2D eigenvalue weighted by atomic mass is 9.86. The van der Waals surface area contributed by atoms with E-state index in [0.717, 1.165) is 0 Å². The first kappa shape index (κ1) is 13.7. The molecule has 0 aromatic rings. The molecule has 1 atom stereocenters. The molecule has 1 saturated heterocycles. The Morgan fingerprint density at radius 1 is 1.38 bits per heavy atom. The fourth-order valence-electron chi connectivity index (χ4n) is 2.20. The minimum Gasteiger partial charge on any atom is -0.312 e. The summed E-state index contributed by atoms with van der Waals surface area (Å²) in [7, 11) is 0. The number of nitrogens with one attached hydrogen (secondary N) is 1. The van der Waals surface area contributed by atoms with Crippen molar-refractivity contribution < 1.29 is 0 Å². The van der Waals surface area contributed by atoms with E-state index in [9.17, 15) is 0 Å². The summed E-state index contributed by atoms with van der Waals surface area (Å²) in [6.45, 7) is 13.9. The lowest BCUT2D eigenvalue weighted by molar-refractivity contribution is 0.199. The highest BCUT2D eigenvalue weighted by molar-refractivity contribution is 4.87. The highest BCUT2D eigenvalue weighted by Gasteiger charge is 2.27. The van der Waals surface area contributed by atoms with Crippen molar-refractivity contribution in [2.45, 2.75) is 46.6 Å². The normalized spacial score (nSPS) is 24.9. The molecule has 0 amide bonds. The van der Waals surface area contributed by atoms with Gasteiger partial charge in [0.15, 0.2) is 0 Å². The van der Waals surface area contributed by atoms with Crippen LogP contribution in [0.5, 0.6) is 0 Å². The molecule has 0 aliphatic carbocycles. The minimum absolute atomic E-state index is 0.364. The summed E-state index contributed by atoms with van der Waals surface area (Å²) in [5, 5.41) is 3.68. The monoisotopic (exact) mass is 224 g/mol. The van der Waals surface area contributed by atoms with Gasteiger partial charge in [-0.25, -0.2) is 0 Å². The fourth-order valence-corrected chi connectivity index (χ4v) is 2.20. The van der Waals surface area contributed by atoms with Crippen molar-refractivity contribution in [2.75, 3.05) is 26.2 Å². The van der Waals surface area contributed by atoms with Crippen molar-refractivity contribution in [3.8, 4) is 0 Å². The number of allylic oxidation sites excluding steroid dienone is 1. The van der Waals surface area contributed by atoms with Crippen LogP contribution in [0.1, 0.15) is 40.5 Å². The Morgan fingerprint density at radius 2 is 2.12 bits per heavy atom. The largest absolute Gasteiger partial charge is 0.312 e. The zero-order valence-electron chi connectivity index (χ0n) is 11.4. The molecule has 94 valence electrons. The molecule has 0 bridgehead atoms. The molecular formula is C14H28N2. The van der Waals surface area contributed by atoms with E-state index in [1.54, 1.807) is 0 Å². The predicted molar refractivity (Wildman–Crippen MR) is 71.7 cm³/mol. The first-order chi connectivity index (χ1) is 7.54. The smallest absolute Gasteiger partial charge is 0.0243 e. The molecular weight excluding hydrogens is 196 g/mol. The second-order valence-corrected chi connectivity index (χ2v) is 5.88. The maximum Gasteiger partial charge on any atom is 0.0243 e. The number of hydrogen-bond donors (Lipinski definition) is 1.